The normalized spacial score (nSPS) is 23.4. The number of nitrogens with one attached hydrogen (secondary N) is 1. The third-order valence-electron chi connectivity index (χ3n) is 5.38. The lowest BCUT2D eigenvalue weighted by atomic mass is 10.0. The predicted octanol–water partition coefficient (Wildman–Crippen LogP) is 2.29. The molecule has 2 aliphatic rings. The minimum Gasteiger partial charge on any atom is -0.304 e. The van der Waals surface area contributed by atoms with Crippen molar-refractivity contribution in [2.75, 3.05) is 39.8 Å². The number of hydrogen-bond acceptors (Lipinski definition) is 5. The maximum absolute atomic E-state index is 12.7. The quantitative estimate of drug-likeness (QED) is 0.834. The minimum atomic E-state index is -3.20. The molecule has 1 aliphatic carbocycles. The van der Waals surface area contributed by atoms with E-state index in [1.54, 1.807) is 11.3 Å². The molecule has 1 saturated carbocycles. The Balaban J connectivity index is 1.66. The molecule has 1 aromatic rings. The Labute approximate surface area is 150 Å². The second-order valence-corrected chi connectivity index (χ2v) is 9.89. The van der Waals surface area contributed by atoms with Gasteiger partial charge >= 0.3 is 0 Å². The van der Waals surface area contributed by atoms with Crippen molar-refractivity contribution < 1.29 is 8.42 Å². The van der Waals surface area contributed by atoms with Gasteiger partial charge in [-0.1, -0.05) is 19.3 Å². The molecular weight excluding hydrogens is 342 g/mol. The zero-order valence-electron chi connectivity index (χ0n) is 14.5. The van der Waals surface area contributed by atoms with Gasteiger partial charge in [0.05, 0.1) is 5.25 Å². The minimum absolute atomic E-state index is 0.142. The van der Waals surface area contributed by atoms with Crippen molar-refractivity contribution in [2.45, 2.75) is 43.4 Å². The molecule has 1 saturated heterocycles. The van der Waals surface area contributed by atoms with E-state index in [-0.39, 0.29) is 11.3 Å². The zero-order chi connectivity index (χ0) is 17.0. The zero-order valence-corrected chi connectivity index (χ0v) is 16.1. The Morgan fingerprint density at radius 3 is 2.54 bits per heavy atom. The standard InChI is InChI=1S/C17H29N3O2S2/c1-19-8-10-20(11-9-19)17(15-7-12-23-14-15)13-18-24(21,22)16-5-3-2-4-6-16/h7,12,14,16-18H,2-6,8-11,13H2,1H3. The summed E-state index contributed by atoms with van der Waals surface area (Å²) >= 11 is 1.68. The summed E-state index contributed by atoms with van der Waals surface area (Å²) in [6, 6.07) is 2.27. The van der Waals surface area contributed by atoms with Crippen molar-refractivity contribution in [3.05, 3.63) is 22.4 Å². The molecule has 1 aliphatic heterocycles. The Morgan fingerprint density at radius 2 is 1.92 bits per heavy atom. The molecule has 0 aromatic carbocycles. The number of rotatable bonds is 6. The van der Waals surface area contributed by atoms with Crippen molar-refractivity contribution >= 4 is 21.4 Å². The van der Waals surface area contributed by atoms with Gasteiger partial charge in [-0.3, -0.25) is 4.90 Å². The third kappa shape index (κ3) is 4.58. The first-order valence-corrected chi connectivity index (χ1v) is 11.5. The number of likely N-dealkylation sites (N-methyl/N-ethyl adjacent to an activating group) is 1. The molecule has 0 amide bonds. The first-order chi connectivity index (χ1) is 11.6. The van der Waals surface area contributed by atoms with Crippen LogP contribution >= 0.6 is 11.3 Å². The molecule has 2 fully saturated rings. The van der Waals surface area contributed by atoms with Crippen LogP contribution in [0.1, 0.15) is 43.7 Å². The lowest BCUT2D eigenvalue weighted by Gasteiger charge is -2.38. The highest BCUT2D eigenvalue weighted by atomic mass is 32.2. The van der Waals surface area contributed by atoms with Gasteiger partial charge in [0.2, 0.25) is 10.0 Å². The molecule has 1 atom stereocenters. The van der Waals surface area contributed by atoms with E-state index in [9.17, 15) is 8.42 Å². The van der Waals surface area contributed by atoms with Crippen LogP contribution in [0.25, 0.3) is 0 Å². The van der Waals surface area contributed by atoms with Gasteiger partial charge in [-0.2, -0.15) is 11.3 Å². The molecule has 7 heteroatoms. The number of hydrogen-bond donors (Lipinski definition) is 1. The van der Waals surface area contributed by atoms with Crippen LogP contribution in [0, 0.1) is 0 Å². The van der Waals surface area contributed by atoms with Crippen LogP contribution in [-0.2, 0) is 10.0 Å². The monoisotopic (exact) mass is 371 g/mol. The van der Waals surface area contributed by atoms with Gasteiger partial charge in [-0.15, -0.1) is 0 Å². The van der Waals surface area contributed by atoms with E-state index >= 15 is 0 Å². The smallest absolute Gasteiger partial charge is 0.214 e. The molecule has 2 heterocycles. The molecule has 24 heavy (non-hydrogen) atoms. The van der Waals surface area contributed by atoms with Crippen molar-refractivity contribution in [3.63, 3.8) is 0 Å². The summed E-state index contributed by atoms with van der Waals surface area (Å²) in [7, 11) is -1.06. The van der Waals surface area contributed by atoms with Crippen LogP contribution in [0.15, 0.2) is 16.8 Å². The molecule has 1 N–H and O–H groups in total. The Hall–Kier alpha value is -0.470. The van der Waals surface area contributed by atoms with Gasteiger partial charge in [0.25, 0.3) is 0 Å². The predicted molar refractivity (Wildman–Crippen MR) is 99.9 cm³/mol. The van der Waals surface area contributed by atoms with Gasteiger partial charge in [-0.25, -0.2) is 13.1 Å². The number of piperazine rings is 1. The second kappa shape index (κ2) is 8.27. The maximum atomic E-state index is 12.7. The number of nitrogens with zero attached hydrogens (tertiary/aromatic N) is 2. The van der Waals surface area contributed by atoms with Crippen LogP contribution in [0.4, 0.5) is 0 Å². The lowest BCUT2D eigenvalue weighted by molar-refractivity contribution is 0.113. The van der Waals surface area contributed by atoms with E-state index in [0.717, 1.165) is 51.9 Å². The largest absolute Gasteiger partial charge is 0.304 e. The van der Waals surface area contributed by atoms with Gasteiger partial charge in [0, 0.05) is 38.8 Å². The summed E-state index contributed by atoms with van der Waals surface area (Å²) in [4.78, 5) is 4.75. The highest BCUT2D eigenvalue weighted by Gasteiger charge is 2.30. The van der Waals surface area contributed by atoms with Gasteiger partial charge in [0.1, 0.15) is 0 Å². The van der Waals surface area contributed by atoms with Crippen molar-refractivity contribution in [2.24, 2.45) is 0 Å². The number of thiophene rings is 1. The summed E-state index contributed by atoms with van der Waals surface area (Å²) < 4.78 is 28.3. The van der Waals surface area contributed by atoms with E-state index in [0.29, 0.717) is 6.54 Å². The molecular formula is C17H29N3O2S2. The van der Waals surface area contributed by atoms with Gasteiger partial charge < -0.3 is 4.90 Å². The summed E-state index contributed by atoms with van der Waals surface area (Å²) in [5, 5.41) is 4.04. The van der Waals surface area contributed by atoms with Crippen molar-refractivity contribution in [1.82, 2.24) is 14.5 Å². The third-order valence-corrected chi connectivity index (χ3v) is 8.00. The van der Waals surface area contributed by atoms with E-state index < -0.39 is 10.0 Å². The summed E-state index contributed by atoms with van der Waals surface area (Å²) in [5.74, 6) is 0. The highest BCUT2D eigenvalue weighted by Crippen LogP contribution is 2.26. The molecule has 0 bridgehead atoms. The summed E-state index contributed by atoms with van der Waals surface area (Å²) in [6.45, 7) is 4.54. The lowest BCUT2D eigenvalue weighted by Crippen LogP contribution is -2.49. The Morgan fingerprint density at radius 1 is 1.21 bits per heavy atom. The molecule has 0 spiro atoms. The average Bonchev–Trinajstić information content (AvgIpc) is 3.12. The molecule has 0 radical (unpaired) electrons. The molecule has 1 unspecified atom stereocenters. The van der Waals surface area contributed by atoms with Crippen molar-refractivity contribution in [3.8, 4) is 0 Å². The molecule has 3 rings (SSSR count). The summed E-state index contributed by atoms with van der Waals surface area (Å²) in [5.41, 5.74) is 1.23. The summed E-state index contributed by atoms with van der Waals surface area (Å²) in [6.07, 6.45) is 4.88. The van der Waals surface area contributed by atoms with E-state index in [1.807, 2.05) is 0 Å². The van der Waals surface area contributed by atoms with Gasteiger partial charge in [-0.05, 0) is 42.3 Å². The fourth-order valence-electron chi connectivity index (χ4n) is 3.74. The van der Waals surface area contributed by atoms with Gasteiger partial charge in [0.15, 0.2) is 0 Å². The van der Waals surface area contributed by atoms with Crippen LogP contribution < -0.4 is 4.72 Å². The van der Waals surface area contributed by atoms with Crippen LogP contribution in [-0.4, -0.2) is 63.2 Å². The fourth-order valence-corrected chi connectivity index (χ4v) is 6.03. The first kappa shape index (κ1) is 18.3. The second-order valence-electron chi connectivity index (χ2n) is 7.07. The van der Waals surface area contributed by atoms with E-state index in [4.69, 9.17) is 0 Å². The molecule has 5 nitrogen and oxygen atoms in total. The first-order valence-electron chi connectivity index (χ1n) is 8.99. The molecule has 136 valence electrons. The van der Waals surface area contributed by atoms with Crippen LogP contribution in [0.3, 0.4) is 0 Å². The van der Waals surface area contributed by atoms with E-state index in [2.05, 4.69) is 38.4 Å². The van der Waals surface area contributed by atoms with Crippen molar-refractivity contribution in [1.29, 1.82) is 0 Å². The Kier molecular flexibility index (Phi) is 6.32. The van der Waals surface area contributed by atoms with Crippen LogP contribution in [0.5, 0.6) is 0 Å². The SMILES string of the molecule is CN1CCN(C(CNS(=O)(=O)C2CCCCC2)c2ccsc2)CC1. The topological polar surface area (TPSA) is 52.6 Å². The van der Waals surface area contributed by atoms with E-state index in [1.165, 1.54) is 12.0 Å². The average molecular weight is 372 g/mol. The van der Waals surface area contributed by atoms with Crippen LogP contribution in [0.2, 0.25) is 0 Å². The Bertz CT molecular complexity index is 589. The molecule has 1 aromatic heterocycles. The maximum Gasteiger partial charge on any atom is 0.214 e. The highest BCUT2D eigenvalue weighted by molar-refractivity contribution is 7.90. The number of sulfonamides is 1. The fraction of sp³-hybridized carbons (Fsp3) is 0.765.